The topological polar surface area (TPSA) is 39.4 Å². The van der Waals surface area contributed by atoms with E-state index < -0.39 is 0 Å². The molecule has 0 bridgehead atoms. The highest BCUT2D eigenvalue weighted by Gasteiger charge is 2.11. The van der Waals surface area contributed by atoms with Crippen LogP contribution in [0.15, 0.2) is 24.5 Å². The highest BCUT2D eigenvalue weighted by Crippen LogP contribution is 2.04. The number of ether oxygens (including phenoxy) is 1. The zero-order chi connectivity index (χ0) is 9.80. The van der Waals surface area contributed by atoms with Crippen LogP contribution in [0.25, 0.3) is 0 Å². The van der Waals surface area contributed by atoms with Gasteiger partial charge >= 0.3 is 0 Å². The Balaban J connectivity index is 1.95. The first-order valence-electron chi connectivity index (χ1n) is 4.82. The molecule has 14 heavy (non-hydrogen) atoms. The molecule has 1 aliphatic rings. The fourth-order valence-corrected chi connectivity index (χ4v) is 1.61. The molecule has 0 radical (unpaired) electrons. The molecule has 1 saturated heterocycles. The molecule has 1 fully saturated rings. The van der Waals surface area contributed by atoms with Crippen LogP contribution in [0.5, 0.6) is 0 Å². The van der Waals surface area contributed by atoms with Crippen LogP contribution in [0.4, 0.5) is 0 Å². The third-order valence-electron chi connectivity index (χ3n) is 2.35. The molecule has 1 aliphatic heterocycles. The van der Waals surface area contributed by atoms with Gasteiger partial charge in [-0.2, -0.15) is 4.73 Å². The zero-order valence-corrected chi connectivity index (χ0v) is 8.06. The molecule has 0 N–H and O–H groups in total. The fourth-order valence-electron chi connectivity index (χ4n) is 1.61. The normalized spacial score (nSPS) is 18.3. The van der Waals surface area contributed by atoms with E-state index in [1.807, 2.05) is 6.07 Å². The van der Waals surface area contributed by atoms with Gasteiger partial charge in [-0.15, -0.1) is 0 Å². The van der Waals surface area contributed by atoms with Gasteiger partial charge in [0.05, 0.1) is 13.2 Å². The predicted molar refractivity (Wildman–Crippen MR) is 51.5 cm³/mol. The molecular formula is C10H14N2O2. The van der Waals surface area contributed by atoms with Crippen molar-refractivity contribution in [1.29, 1.82) is 0 Å². The van der Waals surface area contributed by atoms with Crippen molar-refractivity contribution in [3.63, 3.8) is 0 Å². The molecule has 0 aromatic carbocycles. The third-order valence-corrected chi connectivity index (χ3v) is 2.35. The first kappa shape index (κ1) is 9.43. The highest BCUT2D eigenvalue weighted by atomic mass is 16.5. The fraction of sp³-hybridized carbons (Fsp3) is 0.500. The maximum atomic E-state index is 11.0. The van der Waals surface area contributed by atoms with Gasteiger partial charge in [-0.3, -0.25) is 4.90 Å². The van der Waals surface area contributed by atoms with E-state index in [0.29, 0.717) is 0 Å². The average molecular weight is 194 g/mol. The van der Waals surface area contributed by atoms with Crippen LogP contribution in [-0.2, 0) is 11.3 Å². The molecular weight excluding hydrogens is 180 g/mol. The molecule has 0 unspecified atom stereocenters. The van der Waals surface area contributed by atoms with Gasteiger partial charge in [0.15, 0.2) is 12.4 Å². The van der Waals surface area contributed by atoms with Crippen LogP contribution in [0.1, 0.15) is 5.56 Å². The Labute approximate surface area is 83.3 Å². The Bertz CT molecular complexity index is 298. The minimum absolute atomic E-state index is 0.796. The average Bonchev–Trinajstić information content (AvgIpc) is 2.19. The summed E-state index contributed by atoms with van der Waals surface area (Å²) in [7, 11) is 0. The SMILES string of the molecule is [O-][n+]1cccc(CN2CCOCC2)c1. The second-order valence-corrected chi connectivity index (χ2v) is 3.46. The number of pyridine rings is 1. The zero-order valence-electron chi connectivity index (χ0n) is 8.06. The van der Waals surface area contributed by atoms with Crippen molar-refractivity contribution in [2.24, 2.45) is 0 Å². The second kappa shape index (κ2) is 4.39. The Morgan fingerprint density at radius 3 is 2.93 bits per heavy atom. The van der Waals surface area contributed by atoms with E-state index in [2.05, 4.69) is 4.90 Å². The van der Waals surface area contributed by atoms with E-state index in [9.17, 15) is 5.21 Å². The minimum Gasteiger partial charge on any atom is -0.619 e. The molecule has 0 saturated carbocycles. The van der Waals surface area contributed by atoms with Crippen molar-refractivity contribution < 1.29 is 9.47 Å². The lowest BCUT2D eigenvalue weighted by atomic mass is 10.2. The Morgan fingerprint density at radius 2 is 2.21 bits per heavy atom. The monoisotopic (exact) mass is 194 g/mol. The minimum atomic E-state index is 0.796. The second-order valence-electron chi connectivity index (χ2n) is 3.46. The summed E-state index contributed by atoms with van der Waals surface area (Å²) >= 11 is 0. The summed E-state index contributed by atoms with van der Waals surface area (Å²) < 4.78 is 6.10. The van der Waals surface area contributed by atoms with Crippen molar-refractivity contribution in [1.82, 2.24) is 4.90 Å². The lowest BCUT2D eigenvalue weighted by molar-refractivity contribution is -0.605. The van der Waals surface area contributed by atoms with E-state index >= 15 is 0 Å². The van der Waals surface area contributed by atoms with E-state index in [1.165, 1.54) is 6.20 Å². The van der Waals surface area contributed by atoms with Gasteiger partial charge < -0.3 is 9.94 Å². The number of aromatic nitrogens is 1. The number of nitrogens with zero attached hydrogens (tertiary/aromatic N) is 2. The van der Waals surface area contributed by atoms with Crippen molar-refractivity contribution in [2.45, 2.75) is 6.54 Å². The Kier molecular flexibility index (Phi) is 2.96. The van der Waals surface area contributed by atoms with E-state index in [-0.39, 0.29) is 0 Å². The van der Waals surface area contributed by atoms with Gasteiger partial charge in [-0.1, -0.05) is 0 Å². The molecule has 2 rings (SSSR count). The molecule has 2 heterocycles. The molecule has 1 aromatic heterocycles. The molecule has 1 aromatic rings. The molecule has 0 amide bonds. The van der Waals surface area contributed by atoms with Gasteiger partial charge in [0.1, 0.15) is 0 Å². The summed E-state index contributed by atoms with van der Waals surface area (Å²) in [6, 6.07) is 3.76. The van der Waals surface area contributed by atoms with Crippen molar-refractivity contribution in [3.05, 3.63) is 35.3 Å². The van der Waals surface area contributed by atoms with E-state index in [0.717, 1.165) is 43.1 Å². The summed E-state index contributed by atoms with van der Waals surface area (Å²) in [4.78, 5) is 2.29. The molecule has 0 spiro atoms. The predicted octanol–water partition coefficient (Wildman–Crippen LogP) is 0.152. The van der Waals surface area contributed by atoms with Crippen LogP contribution < -0.4 is 4.73 Å². The first-order valence-corrected chi connectivity index (χ1v) is 4.82. The molecule has 76 valence electrons. The van der Waals surface area contributed by atoms with E-state index in [1.54, 1.807) is 12.3 Å². The summed E-state index contributed by atoms with van der Waals surface area (Å²) in [5, 5.41) is 11.0. The third kappa shape index (κ3) is 2.43. The number of hydrogen-bond donors (Lipinski definition) is 0. The van der Waals surface area contributed by atoms with Crippen LogP contribution in [-0.4, -0.2) is 31.2 Å². The van der Waals surface area contributed by atoms with Gasteiger partial charge in [0.2, 0.25) is 0 Å². The van der Waals surface area contributed by atoms with Gasteiger partial charge in [0.25, 0.3) is 0 Å². The highest BCUT2D eigenvalue weighted by molar-refractivity contribution is 5.05. The molecule has 0 aliphatic carbocycles. The Morgan fingerprint density at radius 1 is 1.43 bits per heavy atom. The number of morpholine rings is 1. The molecule has 4 heteroatoms. The van der Waals surface area contributed by atoms with Crippen LogP contribution >= 0.6 is 0 Å². The quantitative estimate of drug-likeness (QED) is 0.497. The largest absolute Gasteiger partial charge is 0.619 e. The summed E-state index contributed by atoms with van der Waals surface area (Å²) in [6.07, 6.45) is 3.12. The van der Waals surface area contributed by atoms with Gasteiger partial charge in [-0.25, -0.2) is 0 Å². The van der Waals surface area contributed by atoms with Gasteiger partial charge in [-0.05, 0) is 6.07 Å². The lowest BCUT2D eigenvalue weighted by Gasteiger charge is -2.26. The molecule has 4 nitrogen and oxygen atoms in total. The van der Waals surface area contributed by atoms with Crippen molar-refractivity contribution in [3.8, 4) is 0 Å². The Hall–Kier alpha value is -1.13. The standard InChI is InChI=1S/C10H14N2O2/c13-12-3-1-2-10(9-12)8-11-4-6-14-7-5-11/h1-3,9H,4-8H2. The smallest absolute Gasteiger partial charge is 0.184 e. The molecule has 0 atom stereocenters. The lowest BCUT2D eigenvalue weighted by Crippen LogP contribution is -2.36. The first-order chi connectivity index (χ1) is 6.84. The van der Waals surface area contributed by atoms with Crippen molar-refractivity contribution >= 4 is 0 Å². The van der Waals surface area contributed by atoms with Crippen molar-refractivity contribution in [2.75, 3.05) is 26.3 Å². The van der Waals surface area contributed by atoms with Crippen LogP contribution in [0.3, 0.4) is 0 Å². The van der Waals surface area contributed by atoms with E-state index in [4.69, 9.17) is 4.74 Å². The maximum Gasteiger partial charge on any atom is 0.184 e. The van der Waals surface area contributed by atoms with Gasteiger partial charge in [0, 0.05) is 31.3 Å². The summed E-state index contributed by atoms with van der Waals surface area (Å²) in [5.74, 6) is 0. The number of rotatable bonds is 2. The van der Waals surface area contributed by atoms with Crippen LogP contribution in [0, 0.1) is 5.21 Å². The summed E-state index contributed by atoms with van der Waals surface area (Å²) in [6.45, 7) is 4.34. The summed E-state index contributed by atoms with van der Waals surface area (Å²) in [5.41, 5.74) is 1.06. The maximum absolute atomic E-state index is 11.0. The number of hydrogen-bond acceptors (Lipinski definition) is 3. The van der Waals surface area contributed by atoms with Crippen LogP contribution in [0.2, 0.25) is 0 Å².